The Labute approximate surface area is 130 Å². The molecule has 0 radical (unpaired) electrons. The van der Waals surface area contributed by atoms with Crippen LogP contribution in [0.2, 0.25) is 0 Å². The van der Waals surface area contributed by atoms with Gasteiger partial charge in [-0.2, -0.15) is 0 Å². The lowest BCUT2D eigenvalue weighted by Gasteiger charge is -2.08. The monoisotopic (exact) mass is 375 g/mol. The number of primary sulfonamides is 1. The molecule has 0 bridgehead atoms. The van der Waals surface area contributed by atoms with Gasteiger partial charge in [-0.05, 0) is 34.1 Å². The van der Waals surface area contributed by atoms with Crippen molar-refractivity contribution in [3.8, 4) is 0 Å². The lowest BCUT2D eigenvalue weighted by molar-refractivity contribution is 0.268. The van der Waals surface area contributed by atoms with Gasteiger partial charge in [-0.15, -0.1) is 5.10 Å². The highest BCUT2D eigenvalue weighted by Crippen LogP contribution is 2.25. The van der Waals surface area contributed by atoms with E-state index in [1.807, 2.05) is 0 Å². The number of rotatable bonds is 6. The van der Waals surface area contributed by atoms with E-state index in [0.29, 0.717) is 28.9 Å². The third-order valence-electron chi connectivity index (χ3n) is 2.64. The minimum Gasteiger partial charge on any atom is -0.394 e. The first-order chi connectivity index (χ1) is 9.90. The Bertz CT molecular complexity index is 731. The molecule has 4 N–H and O–H groups in total. The second kappa shape index (κ2) is 6.52. The number of hydrogen-bond donors (Lipinski definition) is 3. The van der Waals surface area contributed by atoms with Gasteiger partial charge in [0.2, 0.25) is 10.0 Å². The normalized spacial score (nSPS) is 11.6. The number of aromatic nitrogens is 3. The van der Waals surface area contributed by atoms with Crippen molar-refractivity contribution in [2.75, 3.05) is 11.9 Å². The number of benzene rings is 1. The summed E-state index contributed by atoms with van der Waals surface area (Å²) in [6, 6.07) is 4.47. The Kier molecular flexibility index (Phi) is 4.93. The number of hydrogen-bond acceptors (Lipinski definition) is 6. The molecule has 21 heavy (non-hydrogen) atoms. The van der Waals surface area contributed by atoms with Gasteiger partial charge in [-0.1, -0.05) is 5.21 Å². The van der Waals surface area contributed by atoms with Crippen molar-refractivity contribution in [3.05, 3.63) is 34.6 Å². The highest BCUT2D eigenvalue weighted by Gasteiger charge is 2.10. The van der Waals surface area contributed by atoms with Gasteiger partial charge in [0, 0.05) is 10.2 Å². The molecule has 2 rings (SSSR count). The van der Waals surface area contributed by atoms with E-state index in [4.69, 9.17) is 10.2 Å². The fourth-order valence-electron chi connectivity index (χ4n) is 1.63. The Morgan fingerprint density at radius 1 is 1.43 bits per heavy atom. The van der Waals surface area contributed by atoms with Crippen molar-refractivity contribution in [3.63, 3.8) is 0 Å². The molecule has 0 amide bonds. The van der Waals surface area contributed by atoms with Gasteiger partial charge in [-0.25, -0.2) is 18.2 Å². The highest BCUT2D eigenvalue weighted by atomic mass is 79.9. The van der Waals surface area contributed by atoms with Crippen LogP contribution >= 0.6 is 15.9 Å². The molecule has 0 aliphatic heterocycles. The zero-order valence-electron chi connectivity index (χ0n) is 10.9. The average molecular weight is 376 g/mol. The van der Waals surface area contributed by atoms with Crippen molar-refractivity contribution in [1.82, 2.24) is 15.0 Å². The topological polar surface area (TPSA) is 123 Å². The summed E-state index contributed by atoms with van der Waals surface area (Å²) in [4.78, 5) is 0.0359. The molecule has 8 nitrogen and oxygen atoms in total. The van der Waals surface area contributed by atoms with Gasteiger partial charge in [-0.3, -0.25) is 0 Å². The summed E-state index contributed by atoms with van der Waals surface area (Å²) in [7, 11) is -3.72. The molecular weight excluding hydrogens is 362 g/mol. The van der Waals surface area contributed by atoms with E-state index < -0.39 is 10.0 Å². The minimum atomic E-state index is -3.72. The van der Waals surface area contributed by atoms with Crippen LogP contribution in [-0.4, -0.2) is 35.1 Å². The van der Waals surface area contributed by atoms with E-state index in [1.54, 1.807) is 12.3 Å². The Hall–Kier alpha value is -1.49. The number of halogens is 1. The first-order valence-corrected chi connectivity index (χ1v) is 8.30. The molecule has 0 fully saturated rings. The summed E-state index contributed by atoms with van der Waals surface area (Å²) in [5, 5.41) is 24.7. The number of anilines is 1. The summed E-state index contributed by atoms with van der Waals surface area (Å²) in [6.45, 7) is 0.801. The van der Waals surface area contributed by atoms with E-state index >= 15 is 0 Å². The van der Waals surface area contributed by atoms with Crippen molar-refractivity contribution in [2.45, 2.75) is 18.0 Å². The molecule has 0 aliphatic carbocycles. The van der Waals surface area contributed by atoms with Crippen LogP contribution in [0.5, 0.6) is 0 Å². The molecule has 1 aromatic heterocycles. The number of aliphatic hydroxyl groups is 1. The van der Waals surface area contributed by atoms with Crippen molar-refractivity contribution in [1.29, 1.82) is 0 Å². The maximum atomic E-state index is 11.2. The number of aliphatic hydroxyl groups excluding tert-OH is 1. The maximum absolute atomic E-state index is 11.2. The summed E-state index contributed by atoms with van der Waals surface area (Å²) in [5.41, 5.74) is 1.41. The lowest BCUT2D eigenvalue weighted by Crippen LogP contribution is -2.12. The van der Waals surface area contributed by atoms with Gasteiger partial charge in [0.15, 0.2) is 0 Å². The van der Waals surface area contributed by atoms with Crippen molar-refractivity contribution < 1.29 is 13.5 Å². The first kappa shape index (κ1) is 15.9. The van der Waals surface area contributed by atoms with Gasteiger partial charge >= 0.3 is 0 Å². The van der Waals surface area contributed by atoms with Crippen LogP contribution in [0, 0.1) is 0 Å². The second-order valence-electron chi connectivity index (χ2n) is 4.24. The molecule has 0 saturated heterocycles. The fraction of sp³-hybridized carbons (Fsp3) is 0.273. The summed E-state index contributed by atoms with van der Waals surface area (Å²) >= 11 is 3.29. The molecule has 1 aromatic carbocycles. The number of nitrogens with two attached hydrogens (primary N) is 1. The van der Waals surface area contributed by atoms with E-state index in [-0.39, 0.29) is 11.5 Å². The minimum absolute atomic E-state index is 0.00317. The van der Waals surface area contributed by atoms with E-state index in [1.165, 1.54) is 16.8 Å². The number of nitrogens with one attached hydrogen (secondary N) is 1. The molecule has 0 saturated carbocycles. The van der Waals surface area contributed by atoms with Crippen LogP contribution in [0.4, 0.5) is 5.69 Å². The van der Waals surface area contributed by atoms with Crippen LogP contribution in [0.25, 0.3) is 0 Å². The van der Waals surface area contributed by atoms with Gasteiger partial charge in [0.1, 0.15) is 5.69 Å². The largest absolute Gasteiger partial charge is 0.394 e. The molecule has 10 heteroatoms. The maximum Gasteiger partial charge on any atom is 0.238 e. The van der Waals surface area contributed by atoms with Gasteiger partial charge in [0.25, 0.3) is 0 Å². The molecule has 0 spiro atoms. The fourth-order valence-corrected chi connectivity index (χ4v) is 2.84. The molecule has 1 heterocycles. The number of nitrogens with zero attached hydrogens (tertiary/aromatic N) is 3. The molecule has 0 aliphatic rings. The smallest absolute Gasteiger partial charge is 0.238 e. The van der Waals surface area contributed by atoms with E-state index in [0.717, 1.165) is 0 Å². The molecule has 0 unspecified atom stereocenters. The van der Waals surface area contributed by atoms with E-state index in [2.05, 4.69) is 31.6 Å². The van der Waals surface area contributed by atoms with Crippen LogP contribution in [0.3, 0.4) is 0 Å². The highest BCUT2D eigenvalue weighted by molar-refractivity contribution is 9.10. The summed E-state index contributed by atoms with van der Waals surface area (Å²) < 4.78 is 24.6. The first-order valence-electron chi connectivity index (χ1n) is 5.96. The SMILES string of the molecule is NS(=O)(=O)c1ccc(NCc2cn(CCO)nn2)c(Br)c1. The zero-order valence-corrected chi connectivity index (χ0v) is 13.3. The standard InChI is InChI=1S/C11H14BrN5O3S/c12-10-5-9(21(13,19)20)1-2-11(10)14-6-8-7-17(3-4-18)16-15-8/h1-2,5,7,14,18H,3-4,6H2,(H2,13,19,20). The van der Waals surface area contributed by atoms with Gasteiger partial charge < -0.3 is 10.4 Å². The molecular formula is C11H14BrN5O3S. The van der Waals surface area contributed by atoms with Crippen molar-refractivity contribution in [2.24, 2.45) is 5.14 Å². The third-order valence-corrected chi connectivity index (χ3v) is 4.21. The molecule has 0 atom stereocenters. The summed E-state index contributed by atoms with van der Waals surface area (Å²) in [5.74, 6) is 0. The molecule has 114 valence electrons. The Morgan fingerprint density at radius 2 is 2.19 bits per heavy atom. The predicted octanol–water partition coefficient (Wildman–Crippen LogP) is 0.292. The third kappa shape index (κ3) is 4.24. The van der Waals surface area contributed by atoms with Crippen LogP contribution < -0.4 is 10.5 Å². The van der Waals surface area contributed by atoms with Crippen LogP contribution in [0.1, 0.15) is 5.69 Å². The average Bonchev–Trinajstić information content (AvgIpc) is 2.84. The van der Waals surface area contributed by atoms with Crippen LogP contribution in [0.15, 0.2) is 33.8 Å². The summed E-state index contributed by atoms with van der Waals surface area (Å²) in [6.07, 6.45) is 1.72. The van der Waals surface area contributed by atoms with E-state index in [9.17, 15) is 8.42 Å². The lowest BCUT2D eigenvalue weighted by atomic mass is 10.3. The Morgan fingerprint density at radius 3 is 2.81 bits per heavy atom. The predicted molar refractivity (Wildman–Crippen MR) is 79.9 cm³/mol. The van der Waals surface area contributed by atoms with Crippen molar-refractivity contribution >= 4 is 31.6 Å². The quantitative estimate of drug-likeness (QED) is 0.666. The Balaban J connectivity index is 2.06. The van der Waals surface area contributed by atoms with Crippen LogP contribution in [-0.2, 0) is 23.1 Å². The zero-order chi connectivity index (χ0) is 15.5. The molecule has 2 aromatic rings. The number of sulfonamides is 1. The second-order valence-corrected chi connectivity index (χ2v) is 6.65. The van der Waals surface area contributed by atoms with Gasteiger partial charge in [0.05, 0.1) is 30.8 Å².